The number of carbonyl (C=O) groups excluding carboxylic acids is 1. The molecule has 2 aliphatic carbocycles. The van der Waals surface area contributed by atoms with Gasteiger partial charge < -0.3 is 4.90 Å². The van der Waals surface area contributed by atoms with Gasteiger partial charge in [-0.15, -0.1) is 11.3 Å². The van der Waals surface area contributed by atoms with Gasteiger partial charge in [-0.1, -0.05) is 12.1 Å². The number of hydrogen-bond donors (Lipinski definition) is 1. The lowest BCUT2D eigenvalue weighted by Gasteiger charge is -2.34. The Morgan fingerprint density at radius 1 is 1.03 bits per heavy atom. The molecule has 13 heteroatoms. The van der Waals surface area contributed by atoms with Crippen LogP contribution in [-0.4, -0.2) is 64.2 Å². The summed E-state index contributed by atoms with van der Waals surface area (Å²) < 4.78 is 82.2. The molecular weight excluding hydrogens is 562 g/mol. The van der Waals surface area contributed by atoms with Crippen LogP contribution in [0.5, 0.6) is 0 Å². The first-order chi connectivity index (χ1) is 18.4. The lowest BCUT2D eigenvalue weighted by molar-refractivity contribution is -0.186. The van der Waals surface area contributed by atoms with Crippen LogP contribution in [0.25, 0.3) is 10.6 Å². The van der Waals surface area contributed by atoms with Crippen molar-refractivity contribution in [3.63, 3.8) is 0 Å². The van der Waals surface area contributed by atoms with Crippen LogP contribution in [0.2, 0.25) is 0 Å². The van der Waals surface area contributed by atoms with Gasteiger partial charge in [0.2, 0.25) is 0 Å². The number of thiazole rings is 1. The fraction of sp³-hybridized carbons (Fsp3) is 0.615. The largest absolute Gasteiger partial charge is 0.471 e. The fourth-order valence-corrected chi connectivity index (χ4v) is 9.14. The van der Waals surface area contributed by atoms with Gasteiger partial charge in [-0.05, 0) is 73.5 Å². The van der Waals surface area contributed by atoms with Crippen LogP contribution in [0.3, 0.4) is 0 Å². The molecule has 4 aliphatic rings. The van der Waals surface area contributed by atoms with Crippen LogP contribution >= 0.6 is 23.5 Å². The number of carbonyl (C=O) groups is 1. The lowest BCUT2D eigenvalue weighted by Crippen LogP contribution is -2.51. The predicted molar refractivity (Wildman–Crippen MR) is 137 cm³/mol. The van der Waals surface area contributed by atoms with Gasteiger partial charge in [0.05, 0.1) is 0 Å². The van der Waals surface area contributed by atoms with E-state index in [9.17, 15) is 31.1 Å². The Labute approximate surface area is 230 Å². The molecule has 1 N–H and O–H groups in total. The van der Waals surface area contributed by atoms with Crippen molar-refractivity contribution in [1.29, 1.82) is 0 Å². The van der Waals surface area contributed by atoms with E-state index in [0.29, 0.717) is 19.4 Å². The topological polar surface area (TPSA) is 48.5 Å². The number of nitrogens with zero attached hydrogens (tertiary/aromatic N) is 3. The molecule has 6 rings (SSSR count). The van der Waals surface area contributed by atoms with Crippen molar-refractivity contribution in [2.45, 2.75) is 62.3 Å². The van der Waals surface area contributed by atoms with Gasteiger partial charge in [0, 0.05) is 53.9 Å². The van der Waals surface area contributed by atoms with E-state index in [-0.39, 0.29) is 36.4 Å². The van der Waals surface area contributed by atoms with Crippen molar-refractivity contribution in [2.24, 2.45) is 11.8 Å². The molecule has 3 unspecified atom stereocenters. The molecule has 2 bridgehead atoms. The maximum absolute atomic E-state index is 13.0. The second kappa shape index (κ2) is 9.92. The minimum Gasteiger partial charge on any atom is -0.335 e. The Balaban J connectivity index is 1.15. The van der Waals surface area contributed by atoms with Crippen LogP contribution < -0.4 is 4.72 Å². The molecule has 2 saturated heterocycles. The van der Waals surface area contributed by atoms with E-state index < -0.39 is 24.8 Å². The molecule has 3 fully saturated rings. The third kappa shape index (κ3) is 5.31. The molecule has 5 nitrogen and oxygen atoms in total. The molecule has 1 aromatic carbocycles. The standard InChI is InChI=1S/C26H28F6N4OS2/c27-25(28,29)14-36-13-24(34-39-36)19-3-4-20(24)11-18-9-17(2-1-16(18)10-19)22-33-12-21(38-22)15-5-7-35(8-6-15)23(37)26(30,31)32/h1-2,9,12,15,19-20,34H,3-8,10-11,13-14H2. The zero-order chi connectivity index (χ0) is 27.6. The maximum Gasteiger partial charge on any atom is 0.471 e. The van der Waals surface area contributed by atoms with E-state index in [0.717, 1.165) is 58.2 Å². The number of rotatable bonds is 3. The maximum atomic E-state index is 13.0. The minimum atomic E-state index is -4.84. The van der Waals surface area contributed by atoms with Crippen LogP contribution in [-0.2, 0) is 17.6 Å². The van der Waals surface area contributed by atoms with Gasteiger partial charge in [0.15, 0.2) is 0 Å². The number of aromatic nitrogens is 1. The first kappa shape index (κ1) is 27.3. The number of hydrogen-bond acceptors (Lipinski definition) is 6. The van der Waals surface area contributed by atoms with Crippen molar-refractivity contribution in [2.75, 3.05) is 26.2 Å². The molecule has 1 amide bonds. The highest BCUT2D eigenvalue weighted by Crippen LogP contribution is 2.52. The third-order valence-corrected chi connectivity index (χ3v) is 11.0. The number of nitrogens with one attached hydrogen (secondary N) is 1. The van der Waals surface area contributed by atoms with E-state index in [1.165, 1.54) is 26.8 Å². The zero-order valence-corrected chi connectivity index (χ0v) is 22.6. The lowest BCUT2D eigenvalue weighted by atomic mass is 9.79. The summed E-state index contributed by atoms with van der Waals surface area (Å²) in [6.07, 6.45) is -2.72. The summed E-state index contributed by atoms with van der Waals surface area (Å²) in [4.78, 5) is 18.0. The quantitative estimate of drug-likeness (QED) is 0.353. The normalized spacial score (nSPS) is 28.2. The second-order valence-electron chi connectivity index (χ2n) is 11.1. The Morgan fingerprint density at radius 3 is 2.38 bits per heavy atom. The summed E-state index contributed by atoms with van der Waals surface area (Å²) in [6, 6.07) is 6.33. The Bertz CT molecular complexity index is 1240. The number of alkyl halides is 6. The molecule has 2 aliphatic heterocycles. The minimum absolute atomic E-state index is 0.0653. The highest BCUT2D eigenvalue weighted by molar-refractivity contribution is 7.95. The monoisotopic (exact) mass is 590 g/mol. The van der Waals surface area contributed by atoms with E-state index >= 15 is 0 Å². The van der Waals surface area contributed by atoms with Crippen molar-refractivity contribution in [1.82, 2.24) is 18.9 Å². The summed E-state index contributed by atoms with van der Waals surface area (Å²) in [5, 5.41) is 0.844. The number of likely N-dealkylation sites (tertiary alicyclic amines) is 1. The molecule has 3 atom stereocenters. The van der Waals surface area contributed by atoms with Gasteiger partial charge in [-0.3, -0.25) is 4.79 Å². The van der Waals surface area contributed by atoms with Gasteiger partial charge in [0.25, 0.3) is 0 Å². The summed E-state index contributed by atoms with van der Waals surface area (Å²) in [5.41, 5.74) is 3.11. The Kier molecular flexibility index (Phi) is 6.95. The van der Waals surface area contributed by atoms with Gasteiger partial charge in [-0.2, -0.15) is 26.3 Å². The van der Waals surface area contributed by atoms with Crippen molar-refractivity contribution in [3.05, 3.63) is 40.4 Å². The van der Waals surface area contributed by atoms with Crippen molar-refractivity contribution in [3.8, 4) is 10.6 Å². The van der Waals surface area contributed by atoms with Crippen LogP contribution in [0.15, 0.2) is 24.4 Å². The summed E-state index contributed by atoms with van der Waals surface area (Å²) in [5.74, 6) is -1.18. The molecule has 212 valence electrons. The third-order valence-electron chi connectivity index (χ3n) is 8.82. The van der Waals surface area contributed by atoms with Gasteiger partial charge in [-0.25, -0.2) is 14.0 Å². The summed E-state index contributed by atoms with van der Waals surface area (Å²) in [7, 11) is 0. The average molecular weight is 591 g/mol. The number of halogens is 6. The SMILES string of the molecule is O=C(N1CCC(c2cnc(-c3ccc4c(c3)CC3CCC(C4)C34CN(CC(F)(F)F)SN4)s2)CC1)C(F)(F)F. The first-order valence-electron chi connectivity index (χ1n) is 13.1. The molecule has 39 heavy (non-hydrogen) atoms. The van der Waals surface area contributed by atoms with E-state index in [1.54, 1.807) is 6.20 Å². The van der Waals surface area contributed by atoms with Crippen LogP contribution in [0, 0.1) is 11.8 Å². The molecule has 3 heterocycles. The summed E-state index contributed by atoms with van der Waals surface area (Å²) in [6.45, 7) is -0.387. The molecule has 0 radical (unpaired) electrons. The Morgan fingerprint density at radius 2 is 1.72 bits per heavy atom. The van der Waals surface area contributed by atoms with Gasteiger partial charge >= 0.3 is 18.3 Å². The van der Waals surface area contributed by atoms with Gasteiger partial charge in [0.1, 0.15) is 11.6 Å². The smallest absolute Gasteiger partial charge is 0.335 e. The highest BCUT2D eigenvalue weighted by Gasteiger charge is 2.56. The highest BCUT2D eigenvalue weighted by atomic mass is 32.2. The second-order valence-corrected chi connectivity index (χ2v) is 13.1. The Hall–Kier alpha value is -1.83. The fourth-order valence-electron chi connectivity index (χ4n) is 6.87. The number of fused-ring (bicyclic) bond motifs is 1. The van der Waals surface area contributed by atoms with E-state index in [4.69, 9.17) is 0 Å². The number of amides is 1. The summed E-state index contributed by atoms with van der Waals surface area (Å²) >= 11 is 2.64. The van der Waals surface area contributed by atoms with Crippen LogP contribution in [0.4, 0.5) is 26.3 Å². The molecule has 1 aromatic heterocycles. The van der Waals surface area contributed by atoms with E-state index in [1.807, 2.05) is 6.07 Å². The van der Waals surface area contributed by atoms with Crippen molar-refractivity contribution < 1.29 is 31.1 Å². The van der Waals surface area contributed by atoms with Crippen LogP contribution in [0.1, 0.15) is 47.6 Å². The predicted octanol–water partition coefficient (Wildman–Crippen LogP) is 5.97. The molecular formula is C26H28F6N4OS2. The molecule has 2 aromatic rings. The molecule has 1 spiro atoms. The average Bonchev–Trinajstić information content (AvgIpc) is 3.56. The number of benzene rings is 1. The number of piperidine rings is 1. The van der Waals surface area contributed by atoms with E-state index in [2.05, 4.69) is 21.8 Å². The first-order valence-corrected chi connectivity index (χ1v) is 14.7. The zero-order valence-electron chi connectivity index (χ0n) is 20.9. The van der Waals surface area contributed by atoms with Crippen molar-refractivity contribution >= 4 is 29.4 Å². The molecule has 1 saturated carbocycles.